The van der Waals surface area contributed by atoms with Crippen molar-refractivity contribution < 1.29 is 9.13 Å². The average Bonchev–Trinajstić information content (AvgIpc) is 2.38. The lowest BCUT2D eigenvalue weighted by molar-refractivity contribution is 0.393. The first-order valence-electron chi connectivity index (χ1n) is 5.13. The zero-order chi connectivity index (χ0) is 12.1. The van der Waals surface area contributed by atoms with Crippen molar-refractivity contribution in [3.63, 3.8) is 0 Å². The Hall–Kier alpha value is -2.17. The van der Waals surface area contributed by atoms with Crippen LogP contribution in [-0.2, 0) is 6.54 Å². The lowest BCUT2D eigenvalue weighted by atomic mass is 10.2. The lowest BCUT2D eigenvalue weighted by Crippen LogP contribution is -2.05. The van der Waals surface area contributed by atoms with Crippen LogP contribution in [0.2, 0.25) is 0 Å². The minimum atomic E-state index is -0.379. The first-order chi connectivity index (χ1) is 8.31. The van der Waals surface area contributed by atoms with Gasteiger partial charge >= 0.3 is 0 Å². The van der Waals surface area contributed by atoms with Crippen LogP contribution in [0.5, 0.6) is 5.88 Å². The molecule has 17 heavy (non-hydrogen) atoms. The quantitative estimate of drug-likeness (QED) is 0.879. The minimum Gasteiger partial charge on any atom is -0.481 e. The van der Waals surface area contributed by atoms with E-state index in [4.69, 9.17) is 4.74 Å². The van der Waals surface area contributed by atoms with E-state index in [-0.39, 0.29) is 11.6 Å². The van der Waals surface area contributed by atoms with Crippen molar-refractivity contribution in [2.75, 3.05) is 12.4 Å². The highest BCUT2D eigenvalue weighted by atomic mass is 19.1. The zero-order valence-electron chi connectivity index (χ0n) is 9.35. The average molecular weight is 233 g/mol. The number of hydrogen-bond donors (Lipinski definition) is 1. The normalized spacial score (nSPS) is 10.0. The molecule has 2 heterocycles. The molecule has 0 radical (unpaired) electrons. The minimum absolute atomic E-state index is 0.221. The molecule has 2 rings (SSSR count). The molecule has 0 aromatic carbocycles. The standard InChI is InChI=1S/C12H12FN3O/c1-17-12-9(4-2-7-15-12)8-16-11-10(13)5-3-6-14-11/h2-7H,8H2,1H3,(H,14,16). The van der Waals surface area contributed by atoms with Gasteiger partial charge in [-0.1, -0.05) is 6.07 Å². The molecule has 0 aliphatic rings. The van der Waals surface area contributed by atoms with E-state index in [0.717, 1.165) is 5.56 Å². The molecule has 0 saturated heterocycles. The second-order valence-corrected chi connectivity index (χ2v) is 3.36. The molecule has 0 saturated carbocycles. The van der Waals surface area contributed by atoms with Crippen molar-refractivity contribution in [1.82, 2.24) is 9.97 Å². The van der Waals surface area contributed by atoms with Gasteiger partial charge in [0.2, 0.25) is 5.88 Å². The monoisotopic (exact) mass is 233 g/mol. The van der Waals surface area contributed by atoms with Gasteiger partial charge in [-0.25, -0.2) is 14.4 Å². The van der Waals surface area contributed by atoms with Gasteiger partial charge in [-0.2, -0.15) is 0 Å². The number of nitrogens with zero attached hydrogens (tertiary/aromatic N) is 2. The Bertz CT molecular complexity index is 505. The third-order valence-electron chi connectivity index (χ3n) is 2.25. The first-order valence-corrected chi connectivity index (χ1v) is 5.13. The molecule has 2 aromatic heterocycles. The Kier molecular flexibility index (Phi) is 3.49. The molecule has 0 bridgehead atoms. The van der Waals surface area contributed by atoms with E-state index in [1.54, 1.807) is 25.4 Å². The third-order valence-corrected chi connectivity index (χ3v) is 2.25. The van der Waals surface area contributed by atoms with E-state index in [2.05, 4.69) is 15.3 Å². The zero-order valence-corrected chi connectivity index (χ0v) is 9.35. The molecule has 0 aliphatic carbocycles. The summed E-state index contributed by atoms with van der Waals surface area (Å²) in [4.78, 5) is 7.96. The number of methoxy groups -OCH3 is 1. The molecule has 1 N–H and O–H groups in total. The van der Waals surface area contributed by atoms with Gasteiger partial charge in [-0.05, 0) is 18.2 Å². The third kappa shape index (κ3) is 2.69. The number of hydrogen-bond acceptors (Lipinski definition) is 4. The predicted molar refractivity (Wildman–Crippen MR) is 62.3 cm³/mol. The smallest absolute Gasteiger partial charge is 0.218 e. The maximum atomic E-state index is 13.3. The van der Waals surface area contributed by atoms with Crippen molar-refractivity contribution in [3.8, 4) is 5.88 Å². The summed E-state index contributed by atoms with van der Waals surface area (Å²) in [6.45, 7) is 0.408. The fourth-order valence-electron chi connectivity index (χ4n) is 1.44. The Morgan fingerprint density at radius 1 is 1.24 bits per heavy atom. The number of ether oxygens (including phenoxy) is 1. The number of halogens is 1. The largest absolute Gasteiger partial charge is 0.481 e. The second kappa shape index (κ2) is 5.25. The molecule has 0 spiro atoms. The van der Waals surface area contributed by atoms with Gasteiger partial charge in [0, 0.05) is 24.5 Å². The van der Waals surface area contributed by atoms with Crippen LogP contribution < -0.4 is 10.1 Å². The van der Waals surface area contributed by atoms with E-state index < -0.39 is 0 Å². The van der Waals surface area contributed by atoms with E-state index >= 15 is 0 Å². The van der Waals surface area contributed by atoms with Crippen LogP contribution in [0.15, 0.2) is 36.7 Å². The van der Waals surface area contributed by atoms with E-state index in [9.17, 15) is 4.39 Å². The van der Waals surface area contributed by atoms with Crippen molar-refractivity contribution in [2.24, 2.45) is 0 Å². The molecule has 0 fully saturated rings. The molecule has 88 valence electrons. The molecule has 0 atom stereocenters. The second-order valence-electron chi connectivity index (χ2n) is 3.36. The van der Waals surface area contributed by atoms with Crippen LogP contribution in [0, 0.1) is 5.82 Å². The topological polar surface area (TPSA) is 47.0 Å². The summed E-state index contributed by atoms with van der Waals surface area (Å²) in [5, 5.41) is 2.90. The van der Waals surface area contributed by atoms with Gasteiger partial charge in [0.15, 0.2) is 11.6 Å². The van der Waals surface area contributed by atoms with Gasteiger partial charge in [0.25, 0.3) is 0 Å². The lowest BCUT2D eigenvalue weighted by Gasteiger charge is -2.09. The van der Waals surface area contributed by atoms with Crippen molar-refractivity contribution in [2.45, 2.75) is 6.54 Å². The summed E-state index contributed by atoms with van der Waals surface area (Å²) in [5.41, 5.74) is 0.847. The van der Waals surface area contributed by atoms with Gasteiger partial charge in [0.1, 0.15) is 0 Å². The summed E-state index contributed by atoms with van der Waals surface area (Å²) < 4.78 is 18.4. The molecular weight excluding hydrogens is 221 g/mol. The fraction of sp³-hybridized carbons (Fsp3) is 0.167. The summed E-state index contributed by atoms with van der Waals surface area (Å²) in [6, 6.07) is 6.56. The summed E-state index contributed by atoms with van der Waals surface area (Å²) >= 11 is 0. The van der Waals surface area contributed by atoms with Gasteiger partial charge in [-0.3, -0.25) is 0 Å². The maximum Gasteiger partial charge on any atom is 0.218 e. The van der Waals surface area contributed by atoms with E-state index in [1.807, 2.05) is 6.07 Å². The van der Waals surface area contributed by atoms with Crippen LogP contribution in [-0.4, -0.2) is 17.1 Å². The Morgan fingerprint density at radius 3 is 2.76 bits per heavy atom. The highest BCUT2D eigenvalue weighted by Crippen LogP contribution is 2.16. The van der Waals surface area contributed by atoms with Crippen molar-refractivity contribution >= 4 is 5.82 Å². The maximum absolute atomic E-state index is 13.3. The summed E-state index contributed by atoms with van der Waals surface area (Å²) in [5.74, 6) is 0.366. The number of pyridine rings is 2. The van der Waals surface area contributed by atoms with E-state index in [0.29, 0.717) is 12.4 Å². The number of nitrogens with one attached hydrogen (secondary N) is 1. The van der Waals surface area contributed by atoms with Crippen LogP contribution in [0.25, 0.3) is 0 Å². The van der Waals surface area contributed by atoms with Gasteiger partial charge < -0.3 is 10.1 Å². The Morgan fingerprint density at radius 2 is 2.00 bits per heavy atom. The SMILES string of the molecule is COc1ncccc1CNc1ncccc1F. The number of rotatable bonds is 4. The predicted octanol–water partition coefficient (Wildman–Crippen LogP) is 2.24. The molecule has 4 nitrogen and oxygen atoms in total. The first kappa shape index (κ1) is 11.3. The van der Waals surface area contributed by atoms with Crippen molar-refractivity contribution in [3.05, 3.63) is 48.0 Å². The number of anilines is 1. The molecule has 0 unspecified atom stereocenters. The molecule has 0 aliphatic heterocycles. The Balaban J connectivity index is 2.10. The molecule has 2 aromatic rings. The van der Waals surface area contributed by atoms with Crippen LogP contribution in [0.1, 0.15) is 5.56 Å². The van der Waals surface area contributed by atoms with Gasteiger partial charge in [0.05, 0.1) is 7.11 Å². The van der Waals surface area contributed by atoms with Crippen LogP contribution in [0.3, 0.4) is 0 Å². The van der Waals surface area contributed by atoms with Crippen molar-refractivity contribution in [1.29, 1.82) is 0 Å². The van der Waals surface area contributed by atoms with Gasteiger partial charge in [-0.15, -0.1) is 0 Å². The Labute approximate surface area is 98.5 Å². The van der Waals surface area contributed by atoms with Crippen LogP contribution in [0.4, 0.5) is 10.2 Å². The molecule has 5 heteroatoms. The number of aromatic nitrogens is 2. The fourth-order valence-corrected chi connectivity index (χ4v) is 1.44. The highest BCUT2D eigenvalue weighted by Gasteiger charge is 2.05. The summed E-state index contributed by atoms with van der Waals surface area (Å²) in [6.07, 6.45) is 3.18. The van der Waals surface area contributed by atoms with Crippen LogP contribution >= 0.6 is 0 Å². The highest BCUT2D eigenvalue weighted by molar-refractivity contribution is 5.38. The molecular formula is C12H12FN3O. The van der Waals surface area contributed by atoms with E-state index in [1.165, 1.54) is 12.3 Å². The summed E-state index contributed by atoms with van der Waals surface area (Å²) in [7, 11) is 1.55. The molecule has 0 amide bonds.